The van der Waals surface area contributed by atoms with Crippen LogP contribution < -0.4 is 10.6 Å². The highest BCUT2D eigenvalue weighted by atomic mass is 15.1. The predicted octanol–water partition coefficient (Wildman–Crippen LogP) is 5.20. The van der Waals surface area contributed by atoms with E-state index in [1.165, 1.54) is 5.56 Å². The van der Waals surface area contributed by atoms with Crippen LogP contribution in [0.15, 0.2) is 85.2 Å². The van der Waals surface area contributed by atoms with Gasteiger partial charge in [-0.15, -0.1) is 0 Å². The smallest absolute Gasteiger partial charge is 0.163 e. The van der Waals surface area contributed by atoms with Crippen molar-refractivity contribution in [1.29, 1.82) is 0 Å². The summed E-state index contributed by atoms with van der Waals surface area (Å²) in [5, 5.41) is 6.75. The molecule has 0 amide bonds. The Morgan fingerprint density at radius 2 is 1.61 bits per heavy atom. The summed E-state index contributed by atoms with van der Waals surface area (Å²) < 4.78 is 0. The zero-order valence-electron chi connectivity index (χ0n) is 15.6. The normalized spacial score (nSPS) is 10.5. The van der Waals surface area contributed by atoms with Crippen LogP contribution in [0.4, 0.5) is 17.3 Å². The van der Waals surface area contributed by atoms with Crippen molar-refractivity contribution in [3.05, 3.63) is 96.3 Å². The first kappa shape index (κ1) is 17.7. The van der Waals surface area contributed by atoms with Gasteiger partial charge in [0, 0.05) is 36.3 Å². The Balaban J connectivity index is 1.63. The van der Waals surface area contributed by atoms with Crippen LogP contribution in [0.1, 0.15) is 11.1 Å². The lowest BCUT2D eigenvalue weighted by Crippen LogP contribution is -2.05. The second kappa shape index (κ2) is 8.31. The summed E-state index contributed by atoms with van der Waals surface area (Å²) in [7, 11) is 0. The Kier molecular flexibility index (Phi) is 5.24. The summed E-state index contributed by atoms with van der Waals surface area (Å²) in [5.74, 6) is 2.17. The topological polar surface area (TPSA) is 62.7 Å². The number of nitrogens with one attached hydrogen (secondary N) is 2. The number of anilines is 3. The van der Waals surface area contributed by atoms with Gasteiger partial charge in [-0.3, -0.25) is 4.98 Å². The fraction of sp³-hybridized carbons (Fsp3) is 0.0870. The molecule has 2 aromatic heterocycles. The lowest BCUT2D eigenvalue weighted by Gasteiger charge is -2.12. The number of benzene rings is 2. The Morgan fingerprint density at radius 1 is 0.821 bits per heavy atom. The summed E-state index contributed by atoms with van der Waals surface area (Å²) in [6.07, 6.45) is 3.61. The molecule has 0 aliphatic carbocycles. The molecule has 2 N–H and O–H groups in total. The molecule has 28 heavy (non-hydrogen) atoms. The van der Waals surface area contributed by atoms with Crippen molar-refractivity contribution in [3.8, 4) is 11.4 Å². The van der Waals surface area contributed by atoms with Gasteiger partial charge in [0.15, 0.2) is 5.82 Å². The molecule has 2 heterocycles. The number of aryl methyl sites for hydroxylation is 1. The minimum Gasteiger partial charge on any atom is -0.366 e. The molecule has 0 aliphatic rings. The van der Waals surface area contributed by atoms with E-state index < -0.39 is 0 Å². The zero-order valence-corrected chi connectivity index (χ0v) is 15.6. The monoisotopic (exact) mass is 367 g/mol. The maximum absolute atomic E-state index is 4.70. The van der Waals surface area contributed by atoms with E-state index in [2.05, 4.69) is 34.7 Å². The van der Waals surface area contributed by atoms with Gasteiger partial charge < -0.3 is 10.6 Å². The van der Waals surface area contributed by atoms with Gasteiger partial charge in [0.25, 0.3) is 0 Å². The third kappa shape index (κ3) is 4.51. The zero-order chi connectivity index (χ0) is 19.2. The summed E-state index contributed by atoms with van der Waals surface area (Å²) in [6.45, 7) is 2.71. The molecule has 0 aliphatic heterocycles. The minimum atomic E-state index is 0.642. The van der Waals surface area contributed by atoms with E-state index in [4.69, 9.17) is 9.97 Å². The van der Waals surface area contributed by atoms with Gasteiger partial charge in [-0.1, -0.05) is 54.1 Å². The van der Waals surface area contributed by atoms with E-state index in [9.17, 15) is 0 Å². The number of hydrogen-bond acceptors (Lipinski definition) is 5. The highest BCUT2D eigenvalue weighted by Crippen LogP contribution is 2.23. The molecule has 0 fully saturated rings. The molecule has 0 spiro atoms. The van der Waals surface area contributed by atoms with Crippen LogP contribution in [0, 0.1) is 6.92 Å². The van der Waals surface area contributed by atoms with E-state index in [1.807, 2.05) is 66.9 Å². The van der Waals surface area contributed by atoms with Crippen LogP contribution in [0.5, 0.6) is 0 Å². The quantitative estimate of drug-likeness (QED) is 0.490. The molecule has 5 nitrogen and oxygen atoms in total. The predicted molar refractivity (Wildman–Crippen MR) is 113 cm³/mol. The summed E-state index contributed by atoms with van der Waals surface area (Å²) >= 11 is 0. The molecule has 0 saturated carbocycles. The fourth-order valence-electron chi connectivity index (χ4n) is 2.80. The van der Waals surface area contributed by atoms with E-state index >= 15 is 0 Å². The molecule has 0 saturated heterocycles. The van der Waals surface area contributed by atoms with Crippen LogP contribution in [0.2, 0.25) is 0 Å². The second-order valence-electron chi connectivity index (χ2n) is 6.53. The van der Waals surface area contributed by atoms with E-state index in [0.29, 0.717) is 12.4 Å². The van der Waals surface area contributed by atoms with Crippen molar-refractivity contribution < 1.29 is 0 Å². The number of hydrogen-bond donors (Lipinski definition) is 2. The fourth-order valence-corrected chi connectivity index (χ4v) is 2.80. The Bertz CT molecular complexity index is 1030. The van der Waals surface area contributed by atoms with Gasteiger partial charge in [-0.05, 0) is 30.7 Å². The first-order valence-electron chi connectivity index (χ1n) is 9.17. The third-order valence-corrected chi connectivity index (χ3v) is 4.28. The van der Waals surface area contributed by atoms with E-state index in [1.54, 1.807) is 6.20 Å². The van der Waals surface area contributed by atoms with Crippen molar-refractivity contribution in [2.75, 3.05) is 10.6 Å². The Hall–Kier alpha value is -3.73. The number of aromatic nitrogens is 3. The van der Waals surface area contributed by atoms with Gasteiger partial charge >= 0.3 is 0 Å². The number of nitrogens with zero attached hydrogens (tertiary/aromatic N) is 3. The highest BCUT2D eigenvalue weighted by molar-refractivity contribution is 5.65. The third-order valence-electron chi connectivity index (χ3n) is 4.28. The Labute approximate surface area is 164 Å². The molecular weight excluding hydrogens is 346 g/mol. The molecule has 4 aromatic rings. The molecule has 5 heteroatoms. The average molecular weight is 367 g/mol. The summed E-state index contributed by atoms with van der Waals surface area (Å²) in [5.41, 5.74) is 4.27. The van der Waals surface area contributed by atoms with Gasteiger partial charge in [0.2, 0.25) is 0 Å². The van der Waals surface area contributed by atoms with Crippen LogP contribution in [-0.4, -0.2) is 15.0 Å². The summed E-state index contributed by atoms with van der Waals surface area (Å²) in [6, 6.07) is 24.1. The van der Waals surface area contributed by atoms with Crippen LogP contribution in [0.3, 0.4) is 0 Å². The van der Waals surface area contributed by atoms with Crippen molar-refractivity contribution in [3.63, 3.8) is 0 Å². The van der Waals surface area contributed by atoms with Crippen LogP contribution in [-0.2, 0) is 6.54 Å². The van der Waals surface area contributed by atoms with Gasteiger partial charge in [0.1, 0.15) is 11.6 Å². The highest BCUT2D eigenvalue weighted by Gasteiger charge is 2.08. The summed E-state index contributed by atoms with van der Waals surface area (Å²) in [4.78, 5) is 13.6. The van der Waals surface area contributed by atoms with Gasteiger partial charge in [0.05, 0.1) is 0 Å². The molecule has 0 bridgehead atoms. The first-order valence-corrected chi connectivity index (χ1v) is 9.17. The Morgan fingerprint density at radius 3 is 2.36 bits per heavy atom. The second-order valence-corrected chi connectivity index (χ2v) is 6.53. The first-order chi connectivity index (χ1) is 13.8. The SMILES string of the molecule is Cc1ccc(Nc2cc(NCc3cccnc3)nc(-c3ccccc3)n2)cc1. The van der Waals surface area contributed by atoms with Gasteiger partial charge in [-0.2, -0.15) is 0 Å². The molecule has 2 aromatic carbocycles. The number of pyridine rings is 1. The molecule has 0 unspecified atom stereocenters. The molecular formula is C23H21N5. The maximum Gasteiger partial charge on any atom is 0.163 e. The molecule has 138 valence electrons. The van der Waals surface area contributed by atoms with Gasteiger partial charge in [-0.25, -0.2) is 9.97 Å². The van der Waals surface area contributed by atoms with Crippen LogP contribution >= 0.6 is 0 Å². The van der Waals surface area contributed by atoms with E-state index in [-0.39, 0.29) is 0 Å². The maximum atomic E-state index is 4.70. The van der Waals surface area contributed by atoms with Crippen molar-refractivity contribution in [2.45, 2.75) is 13.5 Å². The van der Waals surface area contributed by atoms with Crippen molar-refractivity contribution in [1.82, 2.24) is 15.0 Å². The molecule has 0 atom stereocenters. The van der Waals surface area contributed by atoms with Crippen molar-refractivity contribution >= 4 is 17.3 Å². The van der Waals surface area contributed by atoms with Crippen LogP contribution in [0.25, 0.3) is 11.4 Å². The lowest BCUT2D eigenvalue weighted by molar-refractivity contribution is 1.07. The van der Waals surface area contributed by atoms with Crippen molar-refractivity contribution in [2.24, 2.45) is 0 Å². The largest absolute Gasteiger partial charge is 0.366 e. The minimum absolute atomic E-state index is 0.642. The number of rotatable bonds is 6. The standard InChI is InChI=1S/C23H21N5/c1-17-9-11-20(12-10-17)26-22-14-21(25-16-18-6-5-13-24-15-18)27-23(28-22)19-7-3-2-4-8-19/h2-15H,16H2,1H3,(H2,25,26,27,28). The average Bonchev–Trinajstić information content (AvgIpc) is 2.75. The molecule has 4 rings (SSSR count). The van der Waals surface area contributed by atoms with E-state index in [0.717, 1.165) is 28.5 Å². The lowest BCUT2D eigenvalue weighted by atomic mass is 10.2. The molecule has 0 radical (unpaired) electrons.